The van der Waals surface area contributed by atoms with Crippen molar-refractivity contribution in [2.24, 2.45) is 0 Å². The summed E-state index contributed by atoms with van der Waals surface area (Å²) < 4.78 is 23.6. The minimum absolute atomic E-state index is 0.00314. The Morgan fingerprint density at radius 3 is 2.36 bits per heavy atom. The number of halogens is 1. The third-order valence-corrected chi connectivity index (χ3v) is 4.61. The Hall–Kier alpha value is -2.56. The lowest BCUT2D eigenvalue weighted by molar-refractivity contribution is -0.122. The van der Waals surface area contributed by atoms with Crippen LogP contribution in [0.2, 0.25) is 0 Å². The molecule has 0 unspecified atom stereocenters. The second-order valence-electron chi connectivity index (χ2n) is 6.33. The molecule has 5 heteroatoms. The molecular weight excluding hydrogens is 321 g/mol. The number of rotatable bonds is 7. The molecule has 0 saturated heterocycles. The molecule has 0 aliphatic heterocycles. The maximum atomic E-state index is 13.1. The number of amides is 1. The summed E-state index contributed by atoms with van der Waals surface area (Å²) in [4.78, 5) is 12.3. The van der Waals surface area contributed by atoms with Crippen molar-refractivity contribution in [2.45, 2.75) is 31.2 Å². The van der Waals surface area contributed by atoms with Crippen LogP contribution >= 0.6 is 0 Å². The zero-order valence-corrected chi connectivity index (χ0v) is 14.5. The van der Waals surface area contributed by atoms with Crippen LogP contribution in [0, 0.1) is 5.82 Å². The van der Waals surface area contributed by atoms with Gasteiger partial charge in [0.1, 0.15) is 5.82 Å². The number of carbonyl (C=O) groups excluding carboxylic acids is 1. The first kappa shape index (κ1) is 17.3. The van der Waals surface area contributed by atoms with Gasteiger partial charge in [0, 0.05) is 6.42 Å². The highest BCUT2D eigenvalue weighted by Crippen LogP contribution is 2.45. The van der Waals surface area contributed by atoms with Gasteiger partial charge in [0.15, 0.2) is 11.5 Å². The number of carbonyl (C=O) groups is 1. The monoisotopic (exact) mass is 343 g/mol. The zero-order valence-electron chi connectivity index (χ0n) is 14.5. The molecule has 1 aliphatic carbocycles. The van der Waals surface area contributed by atoms with Crippen LogP contribution in [0.1, 0.15) is 30.4 Å². The SMILES string of the molecule is COc1ccc(CCC(=O)NC2(c3ccc(F)cc3)CC2)cc1OC. The van der Waals surface area contributed by atoms with Crippen LogP contribution in [0.5, 0.6) is 11.5 Å². The normalized spacial score (nSPS) is 14.7. The predicted octanol–water partition coefficient (Wildman–Crippen LogP) is 3.58. The minimum Gasteiger partial charge on any atom is -0.493 e. The van der Waals surface area contributed by atoms with Gasteiger partial charge in [-0.3, -0.25) is 4.79 Å². The van der Waals surface area contributed by atoms with Crippen LogP contribution in [-0.4, -0.2) is 20.1 Å². The summed E-state index contributed by atoms with van der Waals surface area (Å²) in [5.74, 6) is 1.06. The largest absolute Gasteiger partial charge is 0.493 e. The highest BCUT2D eigenvalue weighted by Gasteiger charge is 2.45. The van der Waals surface area contributed by atoms with E-state index in [1.165, 1.54) is 12.1 Å². The maximum Gasteiger partial charge on any atom is 0.221 e. The van der Waals surface area contributed by atoms with E-state index in [1.54, 1.807) is 26.4 Å². The quantitative estimate of drug-likeness (QED) is 0.836. The summed E-state index contributed by atoms with van der Waals surface area (Å²) in [6, 6.07) is 12.0. The summed E-state index contributed by atoms with van der Waals surface area (Å²) in [7, 11) is 3.18. The van der Waals surface area contributed by atoms with E-state index < -0.39 is 0 Å². The summed E-state index contributed by atoms with van der Waals surface area (Å²) in [6.45, 7) is 0. The minimum atomic E-state index is -0.317. The van der Waals surface area contributed by atoms with Crippen molar-refractivity contribution >= 4 is 5.91 Å². The first-order valence-corrected chi connectivity index (χ1v) is 8.34. The van der Waals surface area contributed by atoms with E-state index in [2.05, 4.69) is 5.32 Å². The van der Waals surface area contributed by atoms with Gasteiger partial charge in [-0.1, -0.05) is 18.2 Å². The Bertz CT molecular complexity index is 754. The summed E-state index contributed by atoms with van der Waals surface area (Å²) in [5, 5.41) is 3.11. The van der Waals surface area contributed by atoms with Crippen LogP contribution in [-0.2, 0) is 16.8 Å². The van der Waals surface area contributed by atoms with Gasteiger partial charge < -0.3 is 14.8 Å². The van der Waals surface area contributed by atoms with Crippen molar-refractivity contribution in [2.75, 3.05) is 14.2 Å². The molecule has 0 atom stereocenters. The number of ether oxygens (including phenoxy) is 2. The van der Waals surface area contributed by atoms with E-state index in [0.29, 0.717) is 24.3 Å². The standard InChI is InChI=1S/C20H22FNO3/c1-24-17-9-3-14(13-18(17)25-2)4-10-19(23)22-20(11-12-20)15-5-7-16(21)8-6-15/h3,5-9,13H,4,10-12H2,1-2H3,(H,22,23). The van der Waals surface area contributed by atoms with Gasteiger partial charge in [0.2, 0.25) is 5.91 Å². The Balaban J connectivity index is 1.59. The van der Waals surface area contributed by atoms with Crippen molar-refractivity contribution in [1.29, 1.82) is 0 Å². The van der Waals surface area contributed by atoms with Crippen molar-refractivity contribution in [3.05, 3.63) is 59.4 Å². The second-order valence-corrected chi connectivity index (χ2v) is 6.33. The molecule has 132 valence electrons. The molecule has 0 spiro atoms. The third kappa shape index (κ3) is 3.92. The van der Waals surface area contributed by atoms with Gasteiger partial charge in [-0.2, -0.15) is 0 Å². The smallest absolute Gasteiger partial charge is 0.221 e. The lowest BCUT2D eigenvalue weighted by Gasteiger charge is -2.18. The molecule has 1 amide bonds. The molecule has 0 aromatic heterocycles. The highest BCUT2D eigenvalue weighted by molar-refractivity contribution is 5.78. The lowest BCUT2D eigenvalue weighted by atomic mass is 10.0. The van der Waals surface area contributed by atoms with E-state index in [1.807, 2.05) is 18.2 Å². The van der Waals surface area contributed by atoms with E-state index in [9.17, 15) is 9.18 Å². The number of aryl methyl sites for hydroxylation is 1. The average Bonchev–Trinajstić information content (AvgIpc) is 3.40. The second kappa shape index (κ2) is 7.13. The zero-order chi connectivity index (χ0) is 17.9. The fraction of sp³-hybridized carbons (Fsp3) is 0.350. The van der Waals surface area contributed by atoms with Crippen molar-refractivity contribution in [1.82, 2.24) is 5.32 Å². The van der Waals surface area contributed by atoms with Crippen LogP contribution in [0.15, 0.2) is 42.5 Å². The van der Waals surface area contributed by atoms with E-state index in [0.717, 1.165) is 24.0 Å². The lowest BCUT2D eigenvalue weighted by Crippen LogP contribution is -2.34. The maximum absolute atomic E-state index is 13.1. The van der Waals surface area contributed by atoms with E-state index >= 15 is 0 Å². The fourth-order valence-electron chi connectivity index (χ4n) is 3.00. The molecule has 0 bridgehead atoms. The third-order valence-electron chi connectivity index (χ3n) is 4.61. The molecule has 1 aliphatic rings. The Kier molecular flexibility index (Phi) is 4.93. The molecule has 4 nitrogen and oxygen atoms in total. The topological polar surface area (TPSA) is 47.6 Å². The molecule has 0 heterocycles. The van der Waals surface area contributed by atoms with Crippen molar-refractivity contribution < 1.29 is 18.7 Å². The Morgan fingerprint density at radius 2 is 1.76 bits per heavy atom. The number of methoxy groups -OCH3 is 2. The first-order chi connectivity index (χ1) is 12.1. The Labute approximate surface area is 147 Å². The van der Waals surface area contributed by atoms with Gasteiger partial charge in [-0.25, -0.2) is 4.39 Å². The van der Waals surface area contributed by atoms with Crippen LogP contribution in [0.3, 0.4) is 0 Å². The van der Waals surface area contributed by atoms with Gasteiger partial charge in [-0.05, 0) is 54.7 Å². The van der Waals surface area contributed by atoms with Crippen LogP contribution in [0.25, 0.3) is 0 Å². The first-order valence-electron chi connectivity index (χ1n) is 8.34. The molecule has 1 N–H and O–H groups in total. The number of nitrogens with one attached hydrogen (secondary N) is 1. The van der Waals surface area contributed by atoms with Crippen molar-refractivity contribution in [3.8, 4) is 11.5 Å². The molecular formula is C20H22FNO3. The molecule has 1 saturated carbocycles. The van der Waals surface area contributed by atoms with E-state index in [4.69, 9.17) is 9.47 Å². The summed E-state index contributed by atoms with van der Waals surface area (Å²) >= 11 is 0. The number of hydrogen-bond donors (Lipinski definition) is 1. The molecule has 0 radical (unpaired) electrons. The molecule has 2 aromatic carbocycles. The molecule has 3 rings (SSSR count). The predicted molar refractivity (Wildman–Crippen MR) is 93.3 cm³/mol. The van der Waals surface area contributed by atoms with Gasteiger partial charge in [0.25, 0.3) is 0 Å². The van der Waals surface area contributed by atoms with Gasteiger partial charge in [-0.15, -0.1) is 0 Å². The average molecular weight is 343 g/mol. The fourth-order valence-corrected chi connectivity index (χ4v) is 3.00. The number of hydrogen-bond acceptors (Lipinski definition) is 3. The van der Waals surface area contributed by atoms with Gasteiger partial charge >= 0.3 is 0 Å². The summed E-state index contributed by atoms with van der Waals surface area (Å²) in [5.41, 5.74) is 1.66. The van der Waals surface area contributed by atoms with Gasteiger partial charge in [0.05, 0.1) is 19.8 Å². The summed E-state index contributed by atoms with van der Waals surface area (Å²) in [6.07, 6.45) is 2.78. The van der Waals surface area contributed by atoms with Crippen LogP contribution < -0.4 is 14.8 Å². The molecule has 2 aromatic rings. The van der Waals surface area contributed by atoms with E-state index in [-0.39, 0.29) is 17.3 Å². The number of benzene rings is 2. The van der Waals surface area contributed by atoms with Crippen LogP contribution in [0.4, 0.5) is 4.39 Å². The van der Waals surface area contributed by atoms with Crippen molar-refractivity contribution in [3.63, 3.8) is 0 Å². The highest BCUT2D eigenvalue weighted by atomic mass is 19.1. The molecule has 1 fully saturated rings. The molecule has 25 heavy (non-hydrogen) atoms. The Morgan fingerprint density at radius 1 is 1.08 bits per heavy atom.